The van der Waals surface area contributed by atoms with Crippen molar-refractivity contribution in [1.82, 2.24) is 5.32 Å². The van der Waals surface area contributed by atoms with Gasteiger partial charge in [-0.2, -0.15) is 0 Å². The Labute approximate surface area is 137 Å². The zero-order valence-corrected chi connectivity index (χ0v) is 13.2. The van der Waals surface area contributed by atoms with E-state index >= 15 is 0 Å². The second-order valence-corrected chi connectivity index (χ2v) is 6.46. The summed E-state index contributed by atoms with van der Waals surface area (Å²) in [5.74, 6) is -0.745. The van der Waals surface area contributed by atoms with E-state index in [0.717, 1.165) is 25.8 Å². The van der Waals surface area contributed by atoms with E-state index in [2.05, 4.69) is 41.7 Å². The van der Waals surface area contributed by atoms with Gasteiger partial charge in [0.25, 0.3) is 0 Å². The van der Waals surface area contributed by atoms with Gasteiger partial charge in [0.1, 0.15) is 6.04 Å². The van der Waals surface area contributed by atoms with Gasteiger partial charge in [-0.05, 0) is 36.8 Å². The summed E-state index contributed by atoms with van der Waals surface area (Å²) >= 11 is 0. The number of rotatable bonds is 6. The van der Waals surface area contributed by atoms with Crippen molar-refractivity contribution in [3.05, 3.63) is 71.8 Å². The molecule has 0 saturated carbocycles. The van der Waals surface area contributed by atoms with E-state index in [4.69, 9.17) is 0 Å². The molecular formula is C20H23NO2. The second-order valence-electron chi connectivity index (χ2n) is 6.46. The average molecular weight is 309 g/mol. The van der Waals surface area contributed by atoms with E-state index in [9.17, 15) is 9.90 Å². The molecule has 0 bridgehead atoms. The number of hydrogen-bond donors (Lipinski definition) is 2. The van der Waals surface area contributed by atoms with Crippen LogP contribution in [0.15, 0.2) is 60.7 Å². The number of carboxylic acid groups (broad SMARTS) is 1. The number of aliphatic carboxylic acids is 1. The van der Waals surface area contributed by atoms with Gasteiger partial charge in [-0.3, -0.25) is 4.79 Å². The number of nitrogens with one attached hydrogen (secondary N) is 1. The fraction of sp³-hybridized carbons (Fsp3) is 0.350. The Balaban J connectivity index is 1.73. The van der Waals surface area contributed by atoms with Crippen LogP contribution in [-0.4, -0.2) is 23.7 Å². The smallest absolute Gasteiger partial charge is 0.320 e. The molecule has 23 heavy (non-hydrogen) atoms. The third kappa shape index (κ3) is 3.62. The molecule has 0 amide bonds. The summed E-state index contributed by atoms with van der Waals surface area (Å²) in [6.07, 6.45) is 3.77. The molecule has 2 aromatic carbocycles. The quantitative estimate of drug-likeness (QED) is 0.860. The predicted octanol–water partition coefficient (Wildman–Crippen LogP) is 3.39. The molecule has 2 aromatic rings. The third-order valence-corrected chi connectivity index (χ3v) is 4.93. The largest absolute Gasteiger partial charge is 0.480 e. The Kier molecular flexibility index (Phi) is 4.77. The van der Waals surface area contributed by atoms with Gasteiger partial charge >= 0.3 is 5.97 Å². The van der Waals surface area contributed by atoms with Gasteiger partial charge in [0.2, 0.25) is 0 Å². The Hall–Kier alpha value is -2.13. The molecule has 2 unspecified atom stereocenters. The van der Waals surface area contributed by atoms with Crippen molar-refractivity contribution >= 4 is 5.97 Å². The van der Waals surface area contributed by atoms with Crippen molar-refractivity contribution in [2.24, 2.45) is 0 Å². The normalized spacial score (nSPS) is 23.7. The summed E-state index contributed by atoms with van der Waals surface area (Å²) < 4.78 is 0. The van der Waals surface area contributed by atoms with Crippen LogP contribution >= 0.6 is 0 Å². The molecule has 2 atom stereocenters. The molecule has 120 valence electrons. The van der Waals surface area contributed by atoms with Crippen LogP contribution in [0.3, 0.4) is 0 Å². The summed E-state index contributed by atoms with van der Waals surface area (Å²) in [4.78, 5) is 11.4. The molecule has 1 fully saturated rings. The molecule has 0 aromatic heterocycles. The van der Waals surface area contributed by atoms with E-state index in [1.54, 1.807) is 0 Å². The fourth-order valence-electron chi connectivity index (χ4n) is 3.65. The minimum Gasteiger partial charge on any atom is -0.480 e. The first-order valence-corrected chi connectivity index (χ1v) is 8.25. The summed E-state index contributed by atoms with van der Waals surface area (Å²) in [5, 5.41) is 12.5. The van der Waals surface area contributed by atoms with Crippen LogP contribution in [0.4, 0.5) is 0 Å². The van der Waals surface area contributed by atoms with Gasteiger partial charge in [0.15, 0.2) is 0 Å². The zero-order valence-electron chi connectivity index (χ0n) is 13.2. The van der Waals surface area contributed by atoms with Crippen LogP contribution in [0.25, 0.3) is 0 Å². The topological polar surface area (TPSA) is 49.3 Å². The first kappa shape index (κ1) is 15.8. The Morgan fingerprint density at radius 1 is 1.09 bits per heavy atom. The maximum Gasteiger partial charge on any atom is 0.320 e. The summed E-state index contributed by atoms with van der Waals surface area (Å²) in [7, 11) is 0. The standard InChI is InChI=1S/C20H23NO2/c22-19(23)18-14-20(15-21-18,17-11-5-2-6-12-17)13-7-10-16-8-3-1-4-9-16/h1-6,8-9,11-12,18,21H,7,10,13-15H2,(H,22,23). The van der Waals surface area contributed by atoms with Crippen molar-refractivity contribution in [2.45, 2.75) is 37.1 Å². The molecule has 0 radical (unpaired) electrons. The minimum atomic E-state index is -0.745. The van der Waals surface area contributed by atoms with Crippen molar-refractivity contribution in [3.8, 4) is 0 Å². The van der Waals surface area contributed by atoms with E-state index < -0.39 is 12.0 Å². The molecule has 1 aliphatic heterocycles. The van der Waals surface area contributed by atoms with Crippen LogP contribution in [0, 0.1) is 0 Å². The van der Waals surface area contributed by atoms with Gasteiger partial charge in [0, 0.05) is 12.0 Å². The monoisotopic (exact) mass is 309 g/mol. The minimum absolute atomic E-state index is 0.0703. The first-order chi connectivity index (χ1) is 11.2. The molecule has 1 heterocycles. The number of hydrogen-bond acceptors (Lipinski definition) is 2. The molecule has 3 nitrogen and oxygen atoms in total. The van der Waals surface area contributed by atoms with Gasteiger partial charge in [0.05, 0.1) is 0 Å². The third-order valence-electron chi connectivity index (χ3n) is 4.93. The maximum absolute atomic E-state index is 11.4. The zero-order chi connectivity index (χ0) is 16.1. The van der Waals surface area contributed by atoms with Gasteiger partial charge in [-0.25, -0.2) is 0 Å². The van der Waals surface area contributed by atoms with Crippen LogP contribution in [0.1, 0.15) is 30.4 Å². The molecule has 0 spiro atoms. The lowest BCUT2D eigenvalue weighted by molar-refractivity contribution is -0.139. The number of carboxylic acids is 1. The lowest BCUT2D eigenvalue weighted by Gasteiger charge is -2.29. The number of aryl methyl sites for hydroxylation is 1. The van der Waals surface area contributed by atoms with E-state index in [-0.39, 0.29) is 5.41 Å². The molecule has 0 aliphatic carbocycles. The summed E-state index contributed by atoms with van der Waals surface area (Å²) in [6, 6.07) is 20.4. The van der Waals surface area contributed by atoms with Gasteiger partial charge < -0.3 is 10.4 Å². The van der Waals surface area contributed by atoms with Gasteiger partial charge in [-0.15, -0.1) is 0 Å². The van der Waals surface area contributed by atoms with Crippen molar-refractivity contribution in [3.63, 3.8) is 0 Å². The van der Waals surface area contributed by atoms with E-state index in [1.807, 2.05) is 24.3 Å². The lowest BCUT2D eigenvalue weighted by atomic mass is 9.74. The maximum atomic E-state index is 11.4. The van der Waals surface area contributed by atoms with Crippen LogP contribution in [-0.2, 0) is 16.6 Å². The summed E-state index contributed by atoms with van der Waals surface area (Å²) in [5.41, 5.74) is 2.53. The highest BCUT2D eigenvalue weighted by atomic mass is 16.4. The van der Waals surface area contributed by atoms with Crippen molar-refractivity contribution < 1.29 is 9.90 Å². The number of carbonyl (C=O) groups is 1. The van der Waals surface area contributed by atoms with Crippen LogP contribution in [0.2, 0.25) is 0 Å². The van der Waals surface area contributed by atoms with E-state index in [1.165, 1.54) is 11.1 Å². The van der Waals surface area contributed by atoms with Crippen molar-refractivity contribution in [2.75, 3.05) is 6.54 Å². The second kappa shape index (κ2) is 6.97. The highest BCUT2D eigenvalue weighted by Crippen LogP contribution is 2.38. The molecule has 3 heteroatoms. The summed E-state index contributed by atoms with van der Waals surface area (Å²) in [6.45, 7) is 0.739. The van der Waals surface area contributed by atoms with E-state index in [0.29, 0.717) is 6.42 Å². The molecule has 1 saturated heterocycles. The first-order valence-electron chi connectivity index (χ1n) is 8.25. The highest BCUT2D eigenvalue weighted by molar-refractivity contribution is 5.74. The molecule has 3 rings (SSSR count). The van der Waals surface area contributed by atoms with Gasteiger partial charge in [-0.1, -0.05) is 60.7 Å². The molecule has 1 aliphatic rings. The van der Waals surface area contributed by atoms with Crippen molar-refractivity contribution in [1.29, 1.82) is 0 Å². The highest BCUT2D eigenvalue weighted by Gasteiger charge is 2.42. The Morgan fingerprint density at radius 2 is 1.74 bits per heavy atom. The molecule has 2 N–H and O–H groups in total. The lowest BCUT2D eigenvalue weighted by Crippen LogP contribution is -2.30. The Morgan fingerprint density at radius 3 is 2.35 bits per heavy atom. The number of benzene rings is 2. The van der Waals surface area contributed by atoms with Crippen LogP contribution < -0.4 is 5.32 Å². The Bertz CT molecular complexity index is 641. The SMILES string of the molecule is O=C(O)C1CC(CCCc2ccccc2)(c2ccccc2)CN1. The fourth-order valence-corrected chi connectivity index (χ4v) is 3.65. The van der Waals surface area contributed by atoms with Crippen LogP contribution in [0.5, 0.6) is 0 Å². The predicted molar refractivity (Wildman–Crippen MR) is 91.5 cm³/mol. The molecular weight excluding hydrogens is 286 g/mol. The average Bonchev–Trinajstić information content (AvgIpc) is 3.03.